The summed E-state index contributed by atoms with van der Waals surface area (Å²) in [4.78, 5) is 0.150. The van der Waals surface area contributed by atoms with Crippen LogP contribution in [0.2, 0.25) is 0 Å². The Morgan fingerprint density at radius 2 is 2.27 bits per heavy atom. The molecule has 0 radical (unpaired) electrons. The van der Waals surface area contributed by atoms with Crippen LogP contribution in [0.1, 0.15) is 11.3 Å². The molecule has 0 unspecified atom stereocenters. The van der Waals surface area contributed by atoms with E-state index in [1.807, 2.05) is 0 Å². The topological polar surface area (TPSA) is 55.9 Å². The van der Waals surface area contributed by atoms with E-state index < -0.39 is 13.0 Å². The number of anilines is 1. The van der Waals surface area contributed by atoms with Crippen molar-refractivity contribution in [1.82, 2.24) is 9.78 Å². The molecular formula is C8H12F2N4S. The molecule has 1 aromatic heterocycles. The Balaban J connectivity index is 2.99. The van der Waals surface area contributed by atoms with E-state index in [2.05, 4.69) is 10.4 Å². The Kier molecular flexibility index (Phi) is 3.57. The summed E-state index contributed by atoms with van der Waals surface area (Å²) in [7, 11) is 1.64. The Morgan fingerprint density at radius 3 is 2.73 bits per heavy atom. The summed E-state index contributed by atoms with van der Waals surface area (Å²) in [6.45, 7) is 1.27. The van der Waals surface area contributed by atoms with Gasteiger partial charge in [-0.2, -0.15) is 5.10 Å². The van der Waals surface area contributed by atoms with Crippen LogP contribution in [0.3, 0.4) is 0 Å². The maximum atomic E-state index is 12.0. The number of aromatic nitrogens is 2. The lowest BCUT2D eigenvalue weighted by Gasteiger charge is -2.08. The molecule has 15 heavy (non-hydrogen) atoms. The van der Waals surface area contributed by atoms with Crippen molar-refractivity contribution in [2.75, 3.05) is 11.9 Å². The molecule has 0 amide bonds. The summed E-state index contributed by atoms with van der Waals surface area (Å²) in [5.41, 5.74) is 6.63. The molecule has 0 aliphatic rings. The van der Waals surface area contributed by atoms with Crippen molar-refractivity contribution in [2.45, 2.75) is 13.3 Å². The first kappa shape index (κ1) is 11.8. The summed E-state index contributed by atoms with van der Waals surface area (Å²) in [6.07, 6.45) is -2.43. The van der Waals surface area contributed by atoms with Crippen LogP contribution in [-0.4, -0.2) is 27.7 Å². The number of rotatable bonds is 4. The summed E-state index contributed by atoms with van der Waals surface area (Å²) in [6, 6.07) is 0. The Labute approximate surface area is 91.4 Å². The van der Waals surface area contributed by atoms with Crippen molar-refractivity contribution in [2.24, 2.45) is 12.8 Å². The van der Waals surface area contributed by atoms with Crippen molar-refractivity contribution in [3.05, 3.63) is 11.3 Å². The molecule has 1 heterocycles. The van der Waals surface area contributed by atoms with E-state index >= 15 is 0 Å². The van der Waals surface area contributed by atoms with Gasteiger partial charge in [0.2, 0.25) is 0 Å². The van der Waals surface area contributed by atoms with Crippen LogP contribution >= 0.6 is 12.2 Å². The van der Waals surface area contributed by atoms with Crippen LogP contribution in [0, 0.1) is 6.92 Å². The van der Waals surface area contributed by atoms with Gasteiger partial charge in [-0.3, -0.25) is 4.68 Å². The van der Waals surface area contributed by atoms with E-state index in [0.29, 0.717) is 17.1 Å². The minimum absolute atomic E-state index is 0.150. The van der Waals surface area contributed by atoms with Gasteiger partial charge in [0.15, 0.2) is 0 Å². The van der Waals surface area contributed by atoms with E-state index in [9.17, 15) is 8.78 Å². The number of hydrogen-bond donors (Lipinski definition) is 2. The third kappa shape index (κ3) is 2.62. The maximum absolute atomic E-state index is 12.0. The Hall–Kier alpha value is -1.24. The van der Waals surface area contributed by atoms with Crippen LogP contribution in [0.5, 0.6) is 0 Å². The minimum atomic E-state index is -2.43. The largest absolute Gasteiger partial charge is 0.389 e. The number of hydrogen-bond acceptors (Lipinski definition) is 3. The molecule has 0 spiro atoms. The van der Waals surface area contributed by atoms with Crippen LogP contribution in [0.4, 0.5) is 14.6 Å². The summed E-state index contributed by atoms with van der Waals surface area (Å²) in [5, 5.41) is 6.62. The van der Waals surface area contributed by atoms with Crippen LogP contribution in [-0.2, 0) is 7.05 Å². The number of aryl methyl sites for hydroxylation is 2. The molecule has 4 nitrogen and oxygen atoms in total. The van der Waals surface area contributed by atoms with Crippen LogP contribution < -0.4 is 11.1 Å². The van der Waals surface area contributed by atoms with Gasteiger partial charge in [0.25, 0.3) is 6.43 Å². The molecule has 0 saturated heterocycles. The van der Waals surface area contributed by atoms with Gasteiger partial charge in [0.1, 0.15) is 10.8 Å². The summed E-state index contributed by atoms with van der Waals surface area (Å²) < 4.78 is 25.5. The zero-order valence-corrected chi connectivity index (χ0v) is 9.24. The second kappa shape index (κ2) is 4.52. The van der Waals surface area contributed by atoms with E-state index in [-0.39, 0.29) is 4.99 Å². The van der Waals surface area contributed by atoms with Crippen molar-refractivity contribution >= 4 is 23.0 Å². The Bertz CT molecular complexity index is 375. The van der Waals surface area contributed by atoms with Gasteiger partial charge >= 0.3 is 0 Å². The lowest BCUT2D eigenvalue weighted by molar-refractivity contribution is 0.163. The highest BCUT2D eigenvalue weighted by atomic mass is 32.1. The highest BCUT2D eigenvalue weighted by molar-refractivity contribution is 7.80. The van der Waals surface area contributed by atoms with E-state index in [1.54, 1.807) is 14.0 Å². The smallest absolute Gasteiger partial charge is 0.255 e. The van der Waals surface area contributed by atoms with Crippen LogP contribution in [0.15, 0.2) is 0 Å². The van der Waals surface area contributed by atoms with Gasteiger partial charge in [-0.1, -0.05) is 12.2 Å². The SMILES string of the molecule is Cc1nn(C)c(NCC(F)F)c1C(N)=S. The van der Waals surface area contributed by atoms with Gasteiger partial charge in [-0.15, -0.1) is 0 Å². The predicted molar refractivity (Wildman–Crippen MR) is 58.3 cm³/mol. The number of nitrogens with zero attached hydrogens (tertiary/aromatic N) is 2. The van der Waals surface area contributed by atoms with E-state index in [1.165, 1.54) is 4.68 Å². The number of alkyl halides is 2. The number of nitrogens with one attached hydrogen (secondary N) is 1. The molecule has 0 fully saturated rings. The standard InChI is InChI=1S/C8H12F2N4S/c1-4-6(7(11)15)8(14(2)13-4)12-3-5(9)10/h5,12H,3H2,1-2H3,(H2,11,15). The van der Waals surface area contributed by atoms with Gasteiger partial charge < -0.3 is 11.1 Å². The number of nitrogens with two attached hydrogens (primary N) is 1. The fourth-order valence-corrected chi connectivity index (χ4v) is 1.57. The second-order valence-corrected chi connectivity index (χ2v) is 3.51. The molecule has 0 bridgehead atoms. The van der Waals surface area contributed by atoms with Crippen molar-refractivity contribution in [3.8, 4) is 0 Å². The third-order valence-electron chi connectivity index (χ3n) is 1.89. The maximum Gasteiger partial charge on any atom is 0.255 e. The zero-order valence-electron chi connectivity index (χ0n) is 8.42. The third-order valence-corrected chi connectivity index (χ3v) is 2.10. The lowest BCUT2D eigenvalue weighted by atomic mass is 10.2. The molecule has 1 rings (SSSR count). The summed E-state index contributed by atoms with van der Waals surface area (Å²) >= 11 is 4.83. The average molecular weight is 234 g/mol. The summed E-state index contributed by atoms with van der Waals surface area (Å²) in [5.74, 6) is 0.431. The number of halogens is 2. The normalized spacial score (nSPS) is 10.7. The first-order valence-electron chi connectivity index (χ1n) is 4.29. The van der Waals surface area contributed by atoms with Crippen molar-refractivity contribution in [1.29, 1.82) is 0 Å². The molecule has 1 aromatic rings. The minimum Gasteiger partial charge on any atom is -0.389 e. The molecule has 0 aromatic carbocycles. The predicted octanol–water partition coefficient (Wildman–Crippen LogP) is 1.04. The van der Waals surface area contributed by atoms with Gasteiger partial charge in [0.05, 0.1) is 17.8 Å². The fraction of sp³-hybridized carbons (Fsp3) is 0.500. The van der Waals surface area contributed by atoms with Gasteiger partial charge in [-0.25, -0.2) is 8.78 Å². The molecule has 0 aliphatic heterocycles. The molecule has 0 atom stereocenters. The molecule has 0 aliphatic carbocycles. The Morgan fingerprint density at radius 1 is 1.67 bits per heavy atom. The van der Waals surface area contributed by atoms with Crippen molar-refractivity contribution < 1.29 is 8.78 Å². The molecular weight excluding hydrogens is 222 g/mol. The second-order valence-electron chi connectivity index (χ2n) is 3.07. The fourth-order valence-electron chi connectivity index (χ4n) is 1.33. The van der Waals surface area contributed by atoms with Gasteiger partial charge in [-0.05, 0) is 6.92 Å². The van der Waals surface area contributed by atoms with E-state index in [0.717, 1.165) is 0 Å². The molecule has 7 heteroatoms. The number of thiocarbonyl (C=S) groups is 1. The monoisotopic (exact) mass is 234 g/mol. The zero-order chi connectivity index (χ0) is 11.6. The van der Waals surface area contributed by atoms with E-state index in [4.69, 9.17) is 18.0 Å². The average Bonchev–Trinajstić information content (AvgIpc) is 2.37. The molecule has 3 N–H and O–H groups in total. The lowest BCUT2D eigenvalue weighted by Crippen LogP contribution is -2.17. The molecule has 0 saturated carbocycles. The van der Waals surface area contributed by atoms with Gasteiger partial charge in [0, 0.05) is 7.05 Å². The highest BCUT2D eigenvalue weighted by Crippen LogP contribution is 2.18. The highest BCUT2D eigenvalue weighted by Gasteiger charge is 2.16. The molecule has 84 valence electrons. The van der Waals surface area contributed by atoms with Crippen molar-refractivity contribution in [3.63, 3.8) is 0 Å². The first-order valence-corrected chi connectivity index (χ1v) is 4.69. The quantitative estimate of drug-likeness (QED) is 0.764. The van der Waals surface area contributed by atoms with Crippen LogP contribution in [0.25, 0.3) is 0 Å². The first-order chi connectivity index (χ1) is 6.93.